The fourth-order valence-electron chi connectivity index (χ4n) is 6.32. The first kappa shape index (κ1) is 32.5. The van der Waals surface area contributed by atoms with E-state index in [0.717, 1.165) is 44.8 Å². The Morgan fingerprint density at radius 1 is 0.872 bits per heavy atom. The number of ether oxygens (including phenoxy) is 6. The van der Waals surface area contributed by atoms with Crippen LogP contribution in [-0.4, -0.2) is 82.5 Å². The molecule has 3 aromatic rings. The van der Waals surface area contributed by atoms with Crippen LogP contribution in [0.2, 0.25) is 0 Å². The molecule has 8 aliphatic rings. The van der Waals surface area contributed by atoms with E-state index in [4.69, 9.17) is 28.4 Å². The van der Waals surface area contributed by atoms with Crippen molar-refractivity contribution in [1.29, 1.82) is 0 Å². The molecule has 11 nitrogen and oxygen atoms in total. The van der Waals surface area contributed by atoms with Crippen LogP contribution in [0.1, 0.15) is 41.6 Å². The van der Waals surface area contributed by atoms with Crippen molar-refractivity contribution in [3.8, 4) is 34.5 Å². The minimum absolute atomic E-state index is 0.156. The third-order valence-corrected chi connectivity index (χ3v) is 8.97. The van der Waals surface area contributed by atoms with Crippen LogP contribution in [0.4, 0.5) is 0 Å². The number of benzene rings is 3. The molecule has 1 spiro atoms. The molecule has 1 unspecified atom stereocenters. The Hall–Kier alpha value is -4.48. The Morgan fingerprint density at radius 3 is 2.32 bits per heavy atom. The number of hydrogen-bond donors (Lipinski definition) is 2. The molecule has 0 radical (unpaired) electrons. The summed E-state index contributed by atoms with van der Waals surface area (Å²) in [4.78, 5) is 29.3. The van der Waals surface area contributed by atoms with Gasteiger partial charge in [-0.05, 0) is 78.9 Å². The first-order valence-corrected chi connectivity index (χ1v) is 16.3. The minimum atomic E-state index is -1.03. The molecule has 2 saturated heterocycles. The number of carbonyl (C=O) groups excluding carboxylic acids is 2. The Kier molecular flexibility index (Phi) is 10.3. The second kappa shape index (κ2) is 15.0. The van der Waals surface area contributed by atoms with Crippen molar-refractivity contribution in [3.05, 3.63) is 71.8 Å². The van der Waals surface area contributed by atoms with Gasteiger partial charge in [0.1, 0.15) is 18.1 Å². The monoisotopic (exact) mass is 645 g/mol. The summed E-state index contributed by atoms with van der Waals surface area (Å²) in [6.07, 6.45) is 3.38. The highest BCUT2D eigenvalue weighted by Crippen LogP contribution is 2.38. The summed E-state index contributed by atoms with van der Waals surface area (Å²) < 4.78 is 35.5. The van der Waals surface area contributed by atoms with Gasteiger partial charge in [0.25, 0.3) is 11.8 Å². The van der Waals surface area contributed by atoms with Crippen LogP contribution < -0.4 is 34.3 Å². The predicted octanol–water partition coefficient (Wildman–Crippen LogP) is 4.57. The van der Waals surface area contributed by atoms with Crippen LogP contribution in [0, 0.1) is 5.92 Å². The van der Waals surface area contributed by atoms with E-state index in [1.807, 2.05) is 36.4 Å². The number of nitrogens with zero attached hydrogens (tertiary/aromatic N) is 1. The molecular weight excluding hydrogens is 602 g/mol. The number of likely N-dealkylation sites (tertiary alicyclic amines) is 1. The van der Waals surface area contributed by atoms with Gasteiger partial charge in [-0.3, -0.25) is 9.59 Å². The van der Waals surface area contributed by atoms with E-state index in [9.17, 15) is 9.59 Å². The fourth-order valence-corrected chi connectivity index (χ4v) is 6.32. The fraction of sp³-hybridized carbons (Fsp3) is 0.444. The zero-order valence-corrected chi connectivity index (χ0v) is 27.0. The largest absolute Gasteiger partial charge is 0.493 e. The standard InChI is InChI=1S/C36H43N3O8/c1-42-32-20-25-5-11-30(32)46-31-12-6-27(21-33(31)43-2)34(40)37-15-19-45-28-7-9-29(10-8-28)47-36(35(41)38-22-25)13-16-39(17-14-36)23-26-4-3-18-44-24-26/h5-12,20-21,26H,3-4,13-19,22-24H2,1-2H3,(H,37,40)(H,38,41). The lowest BCUT2D eigenvalue weighted by molar-refractivity contribution is -0.141. The maximum atomic E-state index is 14.0. The van der Waals surface area contributed by atoms with Gasteiger partial charge in [-0.25, -0.2) is 0 Å². The lowest BCUT2D eigenvalue weighted by atomic mass is 9.88. The topological polar surface area (TPSA) is 117 Å². The van der Waals surface area contributed by atoms with E-state index < -0.39 is 5.60 Å². The summed E-state index contributed by atoms with van der Waals surface area (Å²) >= 11 is 0. The highest BCUT2D eigenvalue weighted by molar-refractivity contribution is 5.94. The highest BCUT2D eigenvalue weighted by Gasteiger charge is 2.44. The van der Waals surface area contributed by atoms with Crippen molar-refractivity contribution in [2.45, 2.75) is 37.8 Å². The predicted molar refractivity (Wildman–Crippen MR) is 175 cm³/mol. The number of nitrogens with one attached hydrogen (secondary N) is 2. The first-order valence-electron chi connectivity index (χ1n) is 16.3. The van der Waals surface area contributed by atoms with Crippen LogP contribution in [0.5, 0.6) is 34.5 Å². The lowest BCUT2D eigenvalue weighted by Gasteiger charge is -2.41. The van der Waals surface area contributed by atoms with Crippen LogP contribution in [0.3, 0.4) is 0 Å². The third kappa shape index (κ3) is 7.91. The average Bonchev–Trinajstić information content (AvgIpc) is 3.11. The Morgan fingerprint density at radius 2 is 1.60 bits per heavy atom. The van der Waals surface area contributed by atoms with Crippen molar-refractivity contribution in [2.24, 2.45) is 5.92 Å². The molecular formula is C36H43N3O8. The van der Waals surface area contributed by atoms with Gasteiger partial charge >= 0.3 is 0 Å². The van der Waals surface area contributed by atoms with E-state index in [0.29, 0.717) is 65.4 Å². The zero-order chi connectivity index (χ0) is 32.6. The molecule has 6 bridgehead atoms. The van der Waals surface area contributed by atoms with Gasteiger partial charge in [0.05, 0.1) is 27.4 Å². The molecule has 11 rings (SSSR count). The summed E-state index contributed by atoms with van der Waals surface area (Å²) in [7, 11) is 3.08. The molecule has 3 aromatic carbocycles. The van der Waals surface area contributed by atoms with E-state index >= 15 is 0 Å². The molecule has 8 aliphatic heterocycles. The molecule has 1 atom stereocenters. The number of amides is 2. The molecule has 250 valence electrons. The second-order valence-electron chi connectivity index (χ2n) is 12.2. The first-order chi connectivity index (χ1) is 22.9. The molecule has 2 N–H and O–H groups in total. The van der Waals surface area contributed by atoms with Crippen molar-refractivity contribution >= 4 is 11.8 Å². The number of methoxy groups -OCH3 is 2. The Bertz CT molecular complexity index is 1530. The van der Waals surface area contributed by atoms with E-state index in [1.165, 1.54) is 13.5 Å². The molecule has 47 heavy (non-hydrogen) atoms. The van der Waals surface area contributed by atoms with Gasteiger partial charge in [0, 0.05) is 51.2 Å². The zero-order valence-electron chi connectivity index (χ0n) is 27.0. The number of piperidine rings is 1. The van der Waals surface area contributed by atoms with Crippen LogP contribution in [-0.2, 0) is 16.1 Å². The van der Waals surface area contributed by atoms with Gasteiger partial charge < -0.3 is 44.0 Å². The highest BCUT2D eigenvalue weighted by atomic mass is 16.5. The van der Waals surface area contributed by atoms with Gasteiger partial charge in [-0.1, -0.05) is 6.07 Å². The summed E-state index contributed by atoms with van der Waals surface area (Å²) in [6, 6.07) is 17.7. The third-order valence-electron chi connectivity index (χ3n) is 8.97. The molecule has 11 heteroatoms. The summed E-state index contributed by atoms with van der Waals surface area (Å²) in [6.45, 7) is 4.96. The Balaban J connectivity index is 1.24. The average molecular weight is 646 g/mol. The van der Waals surface area contributed by atoms with Gasteiger partial charge in [0.15, 0.2) is 28.6 Å². The van der Waals surface area contributed by atoms with Crippen molar-refractivity contribution in [2.75, 3.05) is 60.2 Å². The van der Waals surface area contributed by atoms with Crippen molar-refractivity contribution in [1.82, 2.24) is 15.5 Å². The van der Waals surface area contributed by atoms with Gasteiger partial charge in [-0.15, -0.1) is 0 Å². The molecule has 2 fully saturated rings. The van der Waals surface area contributed by atoms with Crippen LogP contribution >= 0.6 is 0 Å². The normalized spacial score (nSPS) is 20.4. The van der Waals surface area contributed by atoms with Gasteiger partial charge in [-0.2, -0.15) is 0 Å². The van der Waals surface area contributed by atoms with Crippen LogP contribution in [0.25, 0.3) is 0 Å². The quantitative estimate of drug-likeness (QED) is 0.421. The van der Waals surface area contributed by atoms with Crippen molar-refractivity contribution < 1.29 is 38.0 Å². The van der Waals surface area contributed by atoms with E-state index in [1.54, 1.807) is 31.4 Å². The summed E-state index contributed by atoms with van der Waals surface area (Å²) in [5.74, 6) is 3.11. The maximum absolute atomic E-state index is 14.0. The van der Waals surface area contributed by atoms with E-state index in [-0.39, 0.29) is 25.0 Å². The smallest absolute Gasteiger partial charge is 0.264 e. The van der Waals surface area contributed by atoms with E-state index in [2.05, 4.69) is 15.5 Å². The number of hydrogen-bond acceptors (Lipinski definition) is 9. The molecule has 0 saturated carbocycles. The Labute approximate surface area is 275 Å². The molecule has 0 aliphatic carbocycles. The molecule has 8 heterocycles. The number of carbonyl (C=O) groups is 2. The molecule has 2 amide bonds. The second-order valence-corrected chi connectivity index (χ2v) is 12.2. The van der Waals surface area contributed by atoms with Gasteiger partial charge in [0.2, 0.25) is 0 Å². The number of rotatable bonds is 4. The van der Waals surface area contributed by atoms with Crippen molar-refractivity contribution in [3.63, 3.8) is 0 Å². The molecule has 0 aromatic heterocycles. The lowest BCUT2D eigenvalue weighted by Crippen LogP contribution is -2.57. The summed E-state index contributed by atoms with van der Waals surface area (Å²) in [5, 5.41) is 6.01. The van der Waals surface area contributed by atoms with Crippen LogP contribution in [0.15, 0.2) is 60.7 Å². The minimum Gasteiger partial charge on any atom is -0.493 e. The maximum Gasteiger partial charge on any atom is 0.264 e. The SMILES string of the molecule is COc1cc2ccc1Oc1ccc(cc1OC)C(=O)NCCOc1ccc(cc1)OC1(CCN(CC3CCCOC3)CC1)C(=O)NC2. The summed E-state index contributed by atoms with van der Waals surface area (Å²) in [5.41, 5.74) is 0.234.